The minimum absolute atomic E-state index is 0.671. The fourth-order valence-corrected chi connectivity index (χ4v) is 3.65. The molecule has 1 aromatic heterocycles. The summed E-state index contributed by atoms with van der Waals surface area (Å²) in [6, 6.07) is 27.3. The van der Waals surface area contributed by atoms with E-state index in [9.17, 15) is 0 Å². The molecule has 4 heteroatoms. The van der Waals surface area contributed by atoms with Crippen LogP contribution in [0.1, 0.15) is 22.4 Å². The number of nitrogens with zero attached hydrogens (tertiary/aromatic N) is 4. The Morgan fingerprint density at radius 1 is 0.643 bits per heavy atom. The number of para-hydroxylation sites is 2. The first-order valence-corrected chi connectivity index (χ1v) is 9.43. The molecule has 0 unspecified atom stereocenters. The van der Waals surface area contributed by atoms with Gasteiger partial charge in [-0.15, -0.1) is 5.10 Å². The molecule has 0 spiro atoms. The molecule has 0 saturated heterocycles. The summed E-state index contributed by atoms with van der Waals surface area (Å²) in [5.74, 6) is 0. The SMILES string of the molecule is C1=Cc2ccccc2N(Cc2cn(Cc3ccccc3)nn2)c2ccccc21. The van der Waals surface area contributed by atoms with Crippen molar-refractivity contribution in [1.82, 2.24) is 15.0 Å². The van der Waals surface area contributed by atoms with Gasteiger partial charge in [-0.25, -0.2) is 4.68 Å². The number of hydrogen-bond donors (Lipinski definition) is 0. The Balaban J connectivity index is 1.47. The van der Waals surface area contributed by atoms with Crippen LogP contribution in [0.3, 0.4) is 0 Å². The van der Waals surface area contributed by atoms with E-state index in [4.69, 9.17) is 0 Å². The summed E-state index contributed by atoms with van der Waals surface area (Å²) in [5.41, 5.74) is 6.93. The second kappa shape index (κ2) is 7.16. The van der Waals surface area contributed by atoms with E-state index in [0.29, 0.717) is 6.54 Å². The normalized spacial score (nSPS) is 12.4. The minimum Gasteiger partial charge on any atom is -0.334 e. The summed E-state index contributed by atoms with van der Waals surface area (Å²) in [6.45, 7) is 1.40. The highest BCUT2D eigenvalue weighted by Crippen LogP contribution is 2.36. The molecule has 2 heterocycles. The van der Waals surface area contributed by atoms with Gasteiger partial charge in [0, 0.05) is 11.4 Å². The van der Waals surface area contributed by atoms with Crippen LogP contribution in [0.25, 0.3) is 12.2 Å². The van der Waals surface area contributed by atoms with E-state index in [1.807, 2.05) is 29.1 Å². The molecular weight excluding hydrogens is 344 g/mol. The van der Waals surface area contributed by atoms with E-state index in [1.165, 1.54) is 28.1 Å². The van der Waals surface area contributed by atoms with Gasteiger partial charge in [0.05, 0.1) is 19.3 Å². The summed E-state index contributed by atoms with van der Waals surface area (Å²) in [4.78, 5) is 2.32. The van der Waals surface area contributed by atoms with Crippen molar-refractivity contribution < 1.29 is 0 Å². The maximum atomic E-state index is 4.43. The predicted octanol–water partition coefficient (Wildman–Crippen LogP) is 5.15. The summed E-state index contributed by atoms with van der Waals surface area (Å²) < 4.78 is 1.90. The van der Waals surface area contributed by atoms with Crippen molar-refractivity contribution in [2.75, 3.05) is 4.90 Å². The highest BCUT2D eigenvalue weighted by molar-refractivity contribution is 5.88. The molecule has 0 N–H and O–H groups in total. The molecular formula is C24H20N4. The fraction of sp³-hybridized carbons (Fsp3) is 0.0833. The average molecular weight is 364 g/mol. The average Bonchev–Trinajstić information content (AvgIpc) is 3.12. The Morgan fingerprint density at radius 2 is 1.25 bits per heavy atom. The molecule has 1 aliphatic rings. The van der Waals surface area contributed by atoms with Crippen LogP contribution in [0.4, 0.5) is 11.4 Å². The molecule has 5 rings (SSSR count). The topological polar surface area (TPSA) is 34.0 Å². The lowest BCUT2D eigenvalue weighted by Crippen LogP contribution is -2.18. The van der Waals surface area contributed by atoms with Crippen molar-refractivity contribution in [3.8, 4) is 0 Å². The fourth-order valence-electron chi connectivity index (χ4n) is 3.65. The highest BCUT2D eigenvalue weighted by atomic mass is 15.4. The van der Waals surface area contributed by atoms with Crippen molar-refractivity contribution in [2.24, 2.45) is 0 Å². The van der Waals surface area contributed by atoms with Crippen molar-refractivity contribution in [2.45, 2.75) is 13.1 Å². The number of fused-ring (bicyclic) bond motifs is 2. The number of aromatic nitrogens is 3. The molecule has 0 atom stereocenters. The van der Waals surface area contributed by atoms with Crippen LogP contribution >= 0.6 is 0 Å². The van der Waals surface area contributed by atoms with Gasteiger partial charge in [0.25, 0.3) is 0 Å². The van der Waals surface area contributed by atoms with Gasteiger partial charge in [0.15, 0.2) is 0 Å². The van der Waals surface area contributed by atoms with E-state index in [-0.39, 0.29) is 0 Å². The molecule has 4 aromatic rings. The molecule has 4 nitrogen and oxygen atoms in total. The zero-order chi connectivity index (χ0) is 18.8. The van der Waals surface area contributed by atoms with Gasteiger partial charge >= 0.3 is 0 Å². The van der Waals surface area contributed by atoms with Crippen molar-refractivity contribution in [1.29, 1.82) is 0 Å². The minimum atomic E-state index is 0.671. The molecule has 0 amide bonds. The Hall–Kier alpha value is -3.66. The van der Waals surface area contributed by atoms with Crippen LogP contribution in [0, 0.1) is 0 Å². The molecule has 28 heavy (non-hydrogen) atoms. The number of benzene rings is 3. The lowest BCUT2D eigenvalue weighted by molar-refractivity contribution is 0.649. The largest absolute Gasteiger partial charge is 0.334 e. The quantitative estimate of drug-likeness (QED) is 0.502. The molecule has 0 radical (unpaired) electrons. The van der Waals surface area contributed by atoms with Gasteiger partial charge in [-0.05, 0) is 28.8 Å². The summed E-state index contributed by atoms with van der Waals surface area (Å²) in [5, 5.41) is 8.77. The third kappa shape index (κ3) is 3.21. The Labute approximate surface area is 164 Å². The zero-order valence-electron chi connectivity index (χ0n) is 15.4. The molecule has 0 fully saturated rings. The first-order valence-electron chi connectivity index (χ1n) is 9.43. The third-order valence-electron chi connectivity index (χ3n) is 4.99. The van der Waals surface area contributed by atoms with Crippen LogP contribution in [0.2, 0.25) is 0 Å². The van der Waals surface area contributed by atoms with Crippen molar-refractivity contribution >= 4 is 23.5 Å². The predicted molar refractivity (Wildman–Crippen MR) is 113 cm³/mol. The van der Waals surface area contributed by atoms with Crippen LogP contribution in [0.15, 0.2) is 85.1 Å². The molecule has 0 bridgehead atoms. The van der Waals surface area contributed by atoms with Gasteiger partial charge in [-0.1, -0.05) is 84.1 Å². The lowest BCUT2D eigenvalue weighted by Gasteiger charge is -2.26. The van der Waals surface area contributed by atoms with Crippen LogP contribution in [-0.4, -0.2) is 15.0 Å². The summed E-state index contributed by atoms with van der Waals surface area (Å²) in [6.07, 6.45) is 6.40. The van der Waals surface area contributed by atoms with Gasteiger partial charge < -0.3 is 4.90 Å². The number of hydrogen-bond acceptors (Lipinski definition) is 3. The zero-order valence-corrected chi connectivity index (χ0v) is 15.4. The lowest BCUT2D eigenvalue weighted by atomic mass is 10.1. The standard InChI is InChI=1S/C24H20N4/c1-2-8-19(9-3-1)16-27-17-22(25-26-27)18-28-23-12-6-4-10-20(23)14-15-21-11-5-7-13-24(21)28/h1-15,17H,16,18H2. The van der Waals surface area contributed by atoms with Gasteiger partial charge in [-0.3, -0.25) is 0 Å². The van der Waals surface area contributed by atoms with E-state index in [1.54, 1.807) is 0 Å². The van der Waals surface area contributed by atoms with E-state index < -0.39 is 0 Å². The molecule has 3 aromatic carbocycles. The van der Waals surface area contributed by atoms with Crippen molar-refractivity contribution in [3.05, 3.63) is 107 Å². The van der Waals surface area contributed by atoms with Crippen molar-refractivity contribution in [3.63, 3.8) is 0 Å². The van der Waals surface area contributed by atoms with Gasteiger partial charge in [-0.2, -0.15) is 0 Å². The summed E-state index contributed by atoms with van der Waals surface area (Å²) in [7, 11) is 0. The van der Waals surface area contributed by atoms with Crippen LogP contribution in [-0.2, 0) is 13.1 Å². The number of rotatable bonds is 4. The molecule has 0 aliphatic carbocycles. The smallest absolute Gasteiger partial charge is 0.102 e. The van der Waals surface area contributed by atoms with E-state index in [2.05, 4.69) is 88.0 Å². The van der Waals surface area contributed by atoms with E-state index >= 15 is 0 Å². The van der Waals surface area contributed by atoms with Gasteiger partial charge in [0.1, 0.15) is 5.69 Å². The van der Waals surface area contributed by atoms with E-state index in [0.717, 1.165) is 12.2 Å². The maximum absolute atomic E-state index is 4.43. The van der Waals surface area contributed by atoms with Crippen LogP contribution < -0.4 is 4.90 Å². The number of anilines is 2. The Kier molecular flexibility index (Phi) is 4.22. The van der Waals surface area contributed by atoms with Gasteiger partial charge in [0.2, 0.25) is 0 Å². The van der Waals surface area contributed by atoms with Crippen LogP contribution in [0.5, 0.6) is 0 Å². The summed E-state index contributed by atoms with van der Waals surface area (Å²) >= 11 is 0. The molecule has 0 saturated carbocycles. The Bertz CT molecular complexity index is 1080. The first kappa shape index (κ1) is 16.5. The maximum Gasteiger partial charge on any atom is 0.102 e. The first-order chi connectivity index (χ1) is 13.9. The highest BCUT2D eigenvalue weighted by Gasteiger charge is 2.19. The Morgan fingerprint density at radius 3 is 1.93 bits per heavy atom. The monoisotopic (exact) mass is 364 g/mol. The molecule has 136 valence electrons. The third-order valence-corrected chi connectivity index (χ3v) is 4.99. The second-order valence-electron chi connectivity index (χ2n) is 6.93. The second-order valence-corrected chi connectivity index (χ2v) is 6.93. The molecule has 1 aliphatic heterocycles.